The number of carbonyl (C=O) groups excluding carboxylic acids is 1. The van der Waals surface area contributed by atoms with Gasteiger partial charge >= 0.3 is 0 Å². The van der Waals surface area contributed by atoms with Crippen LogP contribution in [0, 0.1) is 10.8 Å². The van der Waals surface area contributed by atoms with Crippen molar-refractivity contribution >= 4 is 5.91 Å². The quantitative estimate of drug-likeness (QED) is 0.899. The number of amides is 1. The third-order valence-corrected chi connectivity index (χ3v) is 4.56. The second-order valence-corrected chi connectivity index (χ2v) is 8.40. The molecule has 3 rings (SSSR count). The Labute approximate surface area is 126 Å². The van der Waals surface area contributed by atoms with Gasteiger partial charge in [0.1, 0.15) is 5.82 Å². The van der Waals surface area contributed by atoms with Gasteiger partial charge in [-0.3, -0.25) is 9.89 Å². The summed E-state index contributed by atoms with van der Waals surface area (Å²) in [5, 5.41) is 10.1. The molecule has 1 aromatic heterocycles. The van der Waals surface area contributed by atoms with Gasteiger partial charge in [-0.05, 0) is 42.9 Å². The molecule has 2 fully saturated rings. The molecule has 5 nitrogen and oxygen atoms in total. The first kappa shape index (κ1) is 14.5. The molecule has 1 amide bonds. The summed E-state index contributed by atoms with van der Waals surface area (Å²) in [7, 11) is 0. The minimum atomic E-state index is -0.142. The van der Waals surface area contributed by atoms with Gasteiger partial charge in [-0.25, -0.2) is 4.98 Å². The van der Waals surface area contributed by atoms with E-state index in [1.807, 2.05) is 0 Å². The number of hydrogen-bond acceptors (Lipinski definition) is 3. The van der Waals surface area contributed by atoms with Crippen LogP contribution in [-0.2, 0) is 0 Å². The summed E-state index contributed by atoms with van der Waals surface area (Å²) in [5.74, 6) is 1.51. The van der Waals surface area contributed by atoms with E-state index in [4.69, 9.17) is 0 Å². The number of aromatic nitrogens is 3. The van der Waals surface area contributed by atoms with Crippen molar-refractivity contribution in [2.45, 2.75) is 71.8 Å². The summed E-state index contributed by atoms with van der Waals surface area (Å²) in [6.45, 7) is 9.13. The van der Waals surface area contributed by atoms with Gasteiger partial charge in [-0.1, -0.05) is 27.7 Å². The molecule has 116 valence electrons. The monoisotopic (exact) mass is 290 g/mol. The molecular formula is C16H26N4O. The molecule has 0 aliphatic heterocycles. The number of nitrogens with one attached hydrogen (secondary N) is 2. The first-order chi connectivity index (χ1) is 9.74. The molecule has 1 heterocycles. The van der Waals surface area contributed by atoms with Crippen LogP contribution in [0.1, 0.15) is 82.2 Å². The molecule has 2 saturated carbocycles. The van der Waals surface area contributed by atoms with E-state index in [0.29, 0.717) is 5.92 Å². The van der Waals surface area contributed by atoms with E-state index in [0.717, 1.165) is 31.5 Å². The van der Waals surface area contributed by atoms with Gasteiger partial charge in [0.25, 0.3) is 5.91 Å². The molecule has 21 heavy (non-hydrogen) atoms. The summed E-state index contributed by atoms with van der Waals surface area (Å²) >= 11 is 0. The normalized spacial score (nSPS) is 24.8. The molecule has 0 spiro atoms. The Hall–Kier alpha value is -1.39. The summed E-state index contributed by atoms with van der Waals surface area (Å²) in [4.78, 5) is 16.7. The highest BCUT2D eigenvalue weighted by Gasteiger charge is 2.39. The maximum absolute atomic E-state index is 12.3. The minimum Gasteiger partial charge on any atom is -0.346 e. The van der Waals surface area contributed by atoms with Crippen LogP contribution in [0.15, 0.2) is 0 Å². The van der Waals surface area contributed by atoms with E-state index >= 15 is 0 Å². The predicted octanol–water partition coefficient (Wildman–Crippen LogP) is 3.02. The Balaban J connectivity index is 1.65. The lowest BCUT2D eigenvalue weighted by atomic mass is 9.63. The van der Waals surface area contributed by atoms with Gasteiger partial charge in [-0.2, -0.15) is 0 Å². The van der Waals surface area contributed by atoms with Gasteiger partial charge in [0.15, 0.2) is 0 Å². The lowest BCUT2D eigenvalue weighted by molar-refractivity contribution is 0.0707. The number of carbonyl (C=O) groups is 1. The van der Waals surface area contributed by atoms with E-state index in [1.165, 1.54) is 6.42 Å². The Bertz CT molecular complexity index is 526. The second-order valence-electron chi connectivity index (χ2n) is 8.40. The van der Waals surface area contributed by atoms with Gasteiger partial charge in [0.2, 0.25) is 5.82 Å². The molecule has 2 aliphatic carbocycles. The average molecular weight is 290 g/mol. The molecule has 0 radical (unpaired) electrons. The molecular weight excluding hydrogens is 264 g/mol. The second kappa shape index (κ2) is 4.82. The molecule has 1 aromatic rings. The zero-order valence-electron chi connectivity index (χ0n) is 13.5. The summed E-state index contributed by atoms with van der Waals surface area (Å²) in [5.41, 5.74) is 0.524. The highest BCUT2D eigenvalue weighted by molar-refractivity contribution is 5.90. The smallest absolute Gasteiger partial charge is 0.291 e. The van der Waals surface area contributed by atoms with Crippen LogP contribution >= 0.6 is 0 Å². The fraction of sp³-hybridized carbons (Fsp3) is 0.812. The highest BCUT2D eigenvalue weighted by atomic mass is 16.2. The first-order valence-corrected chi connectivity index (χ1v) is 7.97. The highest BCUT2D eigenvalue weighted by Crippen LogP contribution is 2.45. The van der Waals surface area contributed by atoms with Crippen molar-refractivity contribution < 1.29 is 4.79 Å². The fourth-order valence-electron chi connectivity index (χ4n) is 4.11. The van der Waals surface area contributed by atoms with Crippen molar-refractivity contribution in [2.75, 3.05) is 0 Å². The summed E-state index contributed by atoms with van der Waals surface area (Å²) < 4.78 is 0. The summed E-state index contributed by atoms with van der Waals surface area (Å²) in [6.07, 6.45) is 5.53. The minimum absolute atomic E-state index is 0.142. The zero-order valence-corrected chi connectivity index (χ0v) is 13.5. The SMILES string of the molecule is CC1(C)CC(NC(=O)c2n[nH]c(C3CC3)n2)CC(C)(C)C1. The maximum atomic E-state index is 12.3. The average Bonchev–Trinajstić information content (AvgIpc) is 3.02. The molecule has 0 atom stereocenters. The van der Waals surface area contributed by atoms with Crippen LogP contribution in [0.3, 0.4) is 0 Å². The van der Waals surface area contributed by atoms with E-state index in [1.54, 1.807) is 0 Å². The van der Waals surface area contributed by atoms with Crippen LogP contribution in [0.5, 0.6) is 0 Å². The topological polar surface area (TPSA) is 70.7 Å². The van der Waals surface area contributed by atoms with Crippen molar-refractivity contribution in [3.8, 4) is 0 Å². The van der Waals surface area contributed by atoms with Gasteiger partial charge in [0.05, 0.1) is 0 Å². The molecule has 2 aliphatic rings. The number of hydrogen-bond donors (Lipinski definition) is 2. The Morgan fingerprint density at radius 2 is 1.81 bits per heavy atom. The maximum Gasteiger partial charge on any atom is 0.291 e. The fourth-order valence-corrected chi connectivity index (χ4v) is 4.11. The van der Waals surface area contributed by atoms with Gasteiger partial charge in [-0.15, -0.1) is 5.10 Å². The molecule has 0 bridgehead atoms. The Morgan fingerprint density at radius 3 is 2.38 bits per heavy atom. The van der Waals surface area contributed by atoms with Crippen LogP contribution in [0.2, 0.25) is 0 Å². The van der Waals surface area contributed by atoms with Crippen LogP contribution in [0.4, 0.5) is 0 Å². The van der Waals surface area contributed by atoms with Gasteiger partial charge < -0.3 is 5.32 Å². The number of rotatable bonds is 3. The van der Waals surface area contributed by atoms with Crippen molar-refractivity contribution in [3.05, 3.63) is 11.6 Å². The Morgan fingerprint density at radius 1 is 1.19 bits per heavy atom. The Kier molecular flexibility index (Phi) is 3.34. The van der Waals surface area contributed by atoms with Gasteiger partial charge in [0, 0.05) is 12.0 Å². The number of aromatic amines is 1. The van der Waals surface area contributed by atoms with E-state index in [9.17, 15) is 4.79 Å². The van der Waals surface area contributed by atoms with Crippen LogP contribution in [-0.4, -0.2) is 27.1 Å². The van der Waals surface area contributed by atoms with Crippen molar-refractivity contribution in [3.63, 3.8) is 0 Å². The lowest BCUT2D eigenvalue weighted by Gasteiger charge is -2.45. The molecule has 0 saturated heterocycles. The zero-order chi connectivity index (χ0) is 15.3. The largest absolute Gasteiger partial charge is 0.346 e. The standard InChI is InChI=1S/C16H26N4O/c1-15(2)7-11(8-16(3,4)9-15)17-14(21)13-18-12(19-20-13)10-5-6-10/h10-11H,5-9H2,1-4H3,(H,17,21)(H,18,19,20). The van der Waals surface area contributed by atoms with Crippen molar-refractivity contribution in [1.29, 1.82) is 0 Å². The van der Waals surface area contributed by atoms with Crippen molar-refractivity contribution in [1.82, 2.24) is 20.5 Å². The van der Waals surface area contributed by atoms with Crippen LogP contribution in [0.25, 0.3) is 0 Å². The van der Waals surface area contributed by atoms with Crippen molar-refractivity contribution in [2.24, 2.45) is 10.8 Å². The van der Waals surface area contributed by atoms with E-state index < -0.39 is 0 Å². The molecule has 2 N–H and O–H groups in total. The molecule has 0 unspecified atom stereocenters. The molecule has 0 aromatic carbocycles. The van der Waals surface area contributed by atoms with E-state index in [2.05, 4.69) is 48.2 Å². The third kappa shape index (κ3) is 3.44. The summed E-state index contributed by atoms with van der Waals surface area (Å²) in [6, 6.07) is 0.208. The third-order valence-electron chi connectivity index (χ3n) is 4.56. The van der Waals surface area contributed by atoms with Crippen LogP contribution < -0.4 is 5.32 Å². The first-order valence-electron chi connectivity index (χ1n) is 7.97. The number of H-pyrrole nitrogens is 1. The molecule has 5 heteroatoms. The number of nitrogens with zero attached hydrogens (tertiary/aromatic N) is 2. The van der Waals surface area contributed by atoms with E-state index in [-0.39, 0.29) is 28.6 Å². The lowest BCUT2D eigenvalue weighted by Crippen LogP contribution is -2.46. The predicted molar refractivity (Wildman–Crippen MR) is 81.0 cm³/mol.